The standard InChI is InChI=1S/C21H19NOS3/c23-20(19-18(10-13-24-19)15-6-2-1-3-7-15)22-17-9-4-8-16(14-17)21-25-11-5-12-26-21/h1-4,6-10,13-14,21H,5,11-12H2,(H,22,23). The molecule has 5 heteroatoms. The van der Waals surface area contributed by atoms with Gasteiger partial charge in [-0.05, 0) is 52.6 Å². The summed E-state index contributed by atoms with van der Waals surface area (Å²) in [5, 5.41) is 5.06. The van der Waals surface area contributed by atoms with E-state index < -0.39 is 0 Å². The average molecular weight is 398 g/mol. The lowest BCUT2D eigenvalue weighted by atomic mass is 10.1. The van der Waals surface area contributed by atoms with Gasteiger partial charge in [0.05, 0.1) is 9.46 Å². The van der Waals surface area contributed by atoms with Gasteiger partial charge in [-0.25, -0.2) is 0 Å². The van der Waals surface area contributed by atoms with E-state index in [-0.39, 0.29) is 5.91 Å². The normalized spacial score (nSPS) is 14.9. The molecule has 1 aliphatic heterocycles. The summed E-state index contributed by atoms with van der Waals surface area (Å²) >= 11 is 5.47. The summed E-state index contributed by atoms with van der Waals surface area (Å²) in [6.45, 7) is 0. The average Bonchev–Trinajstić information content (AvgIpc) is 3.20. The topological polar surface area (TPSA) is 29.1 Å². The van der Waals surface area contributed by atoms with Crippen molar-refractivity contribution in [2.45, 2.75) is 11.0 Å². The van der Waals surface area contributed by atoms with E-state index in [0.717, 1.165) is 21.7 Å². The van der Waals surface area contributed by atoms with Gasteiger partial charge < -0.3 is 5.32 Å². The number of rotatable bonds is 4. The summed E-state index contributed by atoms with van der Waals surface area (Å²) in [6.07, 6.45) is 1.28. The number of carbonyl (C=O) groups excluding carboxylic acids is 1. The molecule has 2 nitrogen and oxygen atoms in total. The molecule has 1 aromatic heterocycles. The molecule has 26 heavy (non-hydrogen) atoms. The molecule has 1 fully saturated rings. The van der Waals surface area contributed by atoms with Crippen molar-refractivity contribution in [1.29, 1.82) is 0 Å². The number of benzene rings is 2. The molecule has 2 heterocycles. The molecule has 0 radical (unpaired) electrons. The number of hydrogen-bond donors (Lipinski definition) is 1. The van der Waals surface area contributed by atoms with Crippen LogP contribution in [0.15, 0.2) is 66.0 Å². The maximum absolute atomic E-state index is 12.8. The quantitative estimate of drug-likeness (QED) is 0.542. The largest absolute Gasteiger partial charge is 0.321 e. The third-order valence-electron chi connectivity index (χ3n) is 4.20. The molecular weight excluding hydrogens is 378 g/mol. The Kier molecular flexibility index (Phi) is 5.68. The van der Waals surface area contributed by atoms with E-state index in [1.807, 2.05) is 77.4 Å². The lowest BCUT2D eigenvalue weighted by Gasteiger charge is -2.21. The minimum atomic E-state index is -0.0417. The molecule has 0 atom stereocenters. The molecule has 4 rings (SSSR count). The number of anilines is 1. The SMILES string of the molecule is O=C(Nc1cccc(C2SCCCS2)c1)c1sccc1-c1ccccc1. The molecule has 0 saturated carbocycles. The molecule has 3 aromatic rings. The first-order valence-corrected chi connectivity index (χ1v) is 11.6. The monoisotopic (exact) mass is 397 g/mol. The van der Waals surface area contributed by atoms with Gasteiger partial charge in [-0.1, -0.05) is 42.5 Å². The van der Waals surface area contributed by atoms with Crippen LogP contribution in [0.1, 0.15) is 26.2 Å². The van der Waals surface area contributed by atoms with Crippen LogP contribution in [0.5, 0.6) is 0 Å². The Bertz CT molecular complexity index is 885. The Morgan fingerprint density at radius 1 is 0.962 bits per heavy atom. The van der Waals surface area contributed by atoms with E-state index >= 15 is 0 Å². The molecule has 1 N–H and O–H groups in total. The van der Waals surface area contributed by atoms with Crippen LogP contribution in [-0.2, 0) is 0 Å². The molecule has 0 aliphatic carbocycles. The zero-order valence-electron chi connectivity index (χ0n) is 14.2. The van der Waals surface area contributed by atoms with Crippen molar-refractivity contribution in [3.8, 4) is 11.1 Å². The zero-order chi connectivity index (χ0) is 17.8. The van der Waals surface area contributed by atoms with Crippen molar-refractivity contribution in [1.82, 2.24) is 0 Å². The molecule has 2 aromatic carbocycles. The van der Waals surface area contributed by atoms with Gasteiger partial charge in [0.15, 0.2) is 0 Å². The predicted octanol–water partition coefficient (Wildman–Crippen LogP) is 6.54. The number of hydrogen-bond acceptors (Lipinski definition) is 4. The van der Waals surface area contributed by atoms with E-state index in [1.165, 1.54) is 34.8 Å². The number of thiophene rings is 1. The fraction of sp³-hybridized carbons (Fsp3) is 0.190. The van der Waals surface area contributed by atoms with Crippen LogP contribution in [0.25, 0.3) is 11.1 Å². The first kappa shape index (κ1) is 17.7. The number of amides is 1. The number of nitrogens with one attached hydrogen (secondary N) is 1. The van der Waals surface area contributed by atoms with Gasteiger partial charge in [0.2, 0.25) is 0 Å². The minimum Gasteiger partial charge on any atom is -0.321 e. The van der Waals surface area contributed by atoms with E-state index in [1.54, 1.807) is 0 Å². The highest BCUT2D eigenvalue weighted by Gasteiger charge is 2.18. The van der Waals surface area contributed by atoms with Crippen LogP contribution in [0.3, 0.4) is 0 Å². The summed E-state index contributed by atoms with van der Waals surface area (Å²) in [4.78, 5) is 13.6. The fourth-order valence-corrected chi connectivity index (χ4v) is 6.65. The lowest BCUT2D eigenvalue weighted by Crippen LogP contribution is -2.11. The van der Waals surface area contributed by atoms with Gasteiger partial charge in [0.1, 0.15) is 0 Å². The predicted molar refractivity (Wildman–Crippen MR) is 116 cm³/mol. The molecule has 0 unspecified atom stereocenters. The van der Waals surface area contributed by atoms with Gasteiger partial charge in [-0.15, -0.1) is 34.9 Å². The summed E-state index contributed by atoms with van der Waals surface area (Å²) in [7, 11) is 0. The third kappa shape index (κ3) is 4.00. The zero-order valence-corrected chi connectivity index (χ0v) is 16.6. The second kappa shape index (κ2) is 8.33. The Labute approximate surface area is 166 Å². The Hall–Kier alpha value is -1.69. The first-order chi connectivity index (χ1) is 12.8. The Morgan fingerprint density at radius 3 is 2.58 bits per heavy atom. The van der Waals surface area contributed by atoms with E-state index in [9.17, 15) is 4.79 Å². The summed E-state index contributed by atoms with van der Waals surface area (Å²) in [6, 6.07) is 20.4. The highest BCUT2D eigenvalue weighted by Crippen LogP contribution is 2.44. The van der Waals surface area contributed by atoms with Crippen molar-refractivity contribution in [2.24, 2.45) is 0 Å². The third-order valence-corrected chi connectivity index (χ3v) is 8.13. The van der Waals surface area contributed by atoms with Crippen LogP contribution >= 0.6 is 34.9 Å². The second-order valence-corrected chi connectivity index (χ2v) is 9.68. The van der Waals surface area contributed by atoms with Crippen molar-refractivity contribution >= 4 is 46.5 Å². The van der Waals surface area contributed by atoms with Crippen LogP contribution in [-0.4, -0.2) is 17.4 Å². The van der Waals surface area contributed by atoms with E-state index in [2.05, 4.69) is 17.4 Å². The van der Waals surface area contributed by atoms with Crippen molar-refractivity contribution in [3.63, 3.8) is 0 Å². The highest BCUT2D eigenvalue weighted by molar-refractivity contribution is 8.16. The molecule has 1 aliphatic rings. The first-order valence-electron chi connectivity index (χ1n) is 8.59. The van der Waals surface area contributed by atoms with E-state index in [0.29, 0.717) is 4.58 Å². The lowest BCUT2D eigenvalue weighted by molar-refractivity contribution is 0.103. The van der Waals surface area contributed by atoms with Gasteiger partial charge >= 0.3 is 0 Å². The molecule has 1 saturated heterocycles. The van der Waals surface area contributed by atoms with Crippen LogP contribution in [0.2, 0.25) is 0 Å². The van der Waals surface area contributed by atoms with Gasteiger partial charge in [-0.3, -0.25) is 4.79 Å². The smallest absolute Gasteiger partial charge is 0.266 e. The van der Waals surface area contributed by atoms with E-state index in [4.69, 9.17) is 0 Å². The molecular formula is C21H19NOS3. The van der Waals surface area contributed by atoms with Gasteiger partial charge in [0, 0.05) is 11.3 Å². The van der Waals surface area contributed by atoms with Crippen molar-refractivity contribution in [3.05, 3.63) is 76.5 Å². The highest BCUT2D eigenvalue weighted by atomic mass is 32.2. The Balaban J connectivity index is 1.53. The molecule has 0 spiro atoms. The van der Waals surface area contributed by atoms with Crippen LogP contribution in [0, 0.1) is 0 Å². The molecule has 132 valence electrons. The van der Waals surface area contributed by atoms with Crippen molar-refractivity contribution < 1.29 is 4.79 Å². The minimum absolute atomic E-state index is 0.0417. The molecule has 1 amide bonds. The molecule has 0 bridgehead atoms. The summed E-state index contributed by atoms with van der Waals surface area (Å²) in [5.74, 6) is 2.38. The summed E-state index contributed by atoms with van der Waals surface area (Å²) < 4.78 is 0.474. The summed E-state index contributed by atoms with van der Waals surface area (Å²) in [5.41, 5.74) is 4.21. The fourth-order valence-electron chi connectivity index (χ4n) is 2.96. The Morgan fingerprint density at radius 2 is 1.77 bits per heavy atom. The number of thioether (sulfide) groups is 2. The number of carbonyl (C=O) groups is 1. The maximum atomic E-state index is 12.8. The maximum Gasteiger partial charge on any atom is 0.266 e. The van der Waals surface area contributed by atoms with Crippen LogP contribution < -0.4 is 5.32 Å². The van der Waals surface area contributed by atoms with Gasteiger partial charge in [-0.2, -0.15) is 0 Å². The van der Waals surface area contributed by atoms with Crippen molar-refractivity contribution in [2.75, 3.05) is 16.8 Å². The van der Waals surface area contributed by atoms with Crippen LogP contribution in [0.4, 0.5) is 5.69 Å². The second-order valence-electron chi connectivity index (χ2n) is 6.04. The van der Waals surface area contributed by atoms with Gasteiger partial charge in [0.25, 0.3) is 5.91 Å².